The first-order chi connectivity index (χ1) is 8.38. The quantitative estimate of drug-likeness (QED) is 0.849. The lowest BCUT2D eigenvalue weighted by Crippen LogP contribution is -2.09. The van der Waals surface area contributed by atoms with Crippen LogP contribution in [0.15, 0.2) is 30.5 Å². The third-order valence-electron chi connectivity index (χ3n) is 2.42. The minimum absolute atomic E-state index is 0.143. The predicted molar refractivity (Wildman–Crippen MR) is 61.6 cm³/mol. The highest BCUT2D eigenvalue weighted by Gasteiger charge is 2.32. The molecule has 0 bridgehead atoms. The second-order valence-electron chi connectivity index (χ2n) is 3.81. The van der Waals surface area contributed by atoms with Gasteiger partial charge in [-0.2, -0.15) is 13.2 Å². The van der Waals surface area contributed by atoms with Crippen molar-refractivity contribution < 1.29 is 13.2 Å². The Hall–Kier alpha value is -2.11. The molecule has 0 amide bonds. The lowest BCUT2D eigenvalue weighted by Gasteiger charge is -2.10. The number of nitrogen functional groups attached to an aromatic ring is 1. The molecule has 18 heavy (non-hydrogen) atoms. The molecule has 0 saturated heterocycles. The smallest absolute Gasteiger partial charge is 0.383 e. The molecule has 0 aliphatic rings. The minimum atomic E-state index is -4.49. The van der Waals surface area contributed by atoms with Crippen LogP contribution in [0.3, 0.4) is 0 Å². The molecule has 94 valence electrons. The van der Waals surface area contributed by atoms with Gasteiger partial charge in [-0.1, -0.05) is 0 Å². The van der Waals surface area contributed by atoms with Gasteiger partial charge in [0.15, 0.2) is 0 Å². The largest absolute Gasteiger partial charge is 0.433 e. The fourth-order valence-corrected chi connectivity index (χ4v) is 1.59. The zero-order valence-corrected chi connectivity index (χ0v) is 9.49. The SMILES string of the molecule is Cc1cc(-c2ccc(C(F)(F)F)nc2N)ccn1. The normalized spacial score (nSPS) is 11.6. The summed E-state index contributed by atoms with van der Waals surface area (Å²) in [5.41, 5.74) is 6.50. The molecule has 0 saturated carbocycles. The van der Waals surface area contributed by atoms with Gasteiger partial charge < -0.3 is 5.73 Å². The van der Waals surface area contributed by atoms with Crippen molar-refractivity contribution in [3.05, 3.63) is 41.9 Å². The van der Waals surface area contributed by atoms with Gasteiger partial charge in [-0.25, -0.2) is 4.98 Å². The Morgan fingerprint density at radius 3 is 2.44 bits per heavy atom. The van der Waals surface area contributed by atoms with E-state index >= 15 is 0 Å². The summed E-state index contributed by atoms with van der Waals surface area (Å²) in [6, 6.07) is 5.65. The van der Waals surface area contributed by atoms with Crippen LogP contribution in [0.25, 0.3) is 11.1 Å². The van der Waals surface area contributed by atoms with Crippen molar-refractivity contribution in [2.45, 2.75) is 13.1 Å². The number of nitrogens with two attached hydrogens (primary N) is 1. The number of nitrogens with zero attached hydrogens (tertiary/aromatic N) is 2. The first-order valence-electron chi connectivity index (χ1n) is 5.14. The van der Waals surface area contributed by atoms with Crippen LogP contribution in [0.2, 0.25) is 0 Å². The van der Waals surface area contributed by atoms with Crippen molar-refractivity contribution in [1.82, 2.24) is 9.97 Å². The molecule has 6 heteroatoms. The number of pyridine rings is 2. The van der Waals surface area contributed by atoms with E-state index in [1.54, 1.807) is 25.3 Å². The summed E-state index contributed by atoms with van der Waals surface area (Å²) in [6.07, 6.45) is -2.91. The van der Waals surface area contributed by atoms with Crippen LogP contribution in [0.5, 0.6) is 0 Å². The Morgan fingerprint density at radius 1 is 1.17 bits per heavy atom. The lowest BCUT2D eigenvalue weighted by molar-refractivity contribution is -0.141. The summed E-state index contributed by atoms with van der Waals surface area (Å²) in [5.74, 6) is -0.143. The average molecular weight is 253 g/mol. The first kappa shape index (κ1) is 12.3. The molecule has 0 aliphatic heterocycles. The Bertz CT molecular complexity index is 579. The van der Waals surface area contributed by atoms with Crippen LogP contribution in [0, 0.1) is 6.92 Å². The Labute approximate surface area is 101 Å². The van der Waals surface area contributed by atoms with E-state index in [-0.39, 0.29) is 5.82 Å². The molecule has 2 heterocycles. The predicted octanol–water partition coefficient (Wildman–Crippen LogP) is 3.05. The highest BCUT2D eigenvalue weighted by molar-refractivity contribution is 5.73. The summed E-state index contributed by atoms with van der Waals surface area (Å²) in [4.78, 5) is 7.39. The van der Waals surface area contributed by atoms with Crippen LogP contribution >= 0.6 is 0 Å². The van der Waals surface area contributed by atoms with E-state index in [0.717, 1.165) is 11.8 Å². The third-order valence-corrected chi connectivity index (χ3v) is 2.42. The minimum Gasteiger partial charge on any atom is -0.383 e. The van der Waals surface area contributed by atoms with Gasteiger partial charge in [0.05, 0.1) is 0 Å². The maximum Gasteiger partial charge on any atom is 0.433 e. The number of alkyl halides is 3. The number of halogens is 3. The van der Waals surface area contributed by atoms with Crippen molar-refractivity contribution in [3.63, 3.8) is 0 Å². The average Bonchev–Trinajstić information content (AvgIpc) is 2.27. The second-order valence-corrected chi connectivity index (χ2v) is 3.81. The maximum absolute atomic E-state index is 12.4. The molecule has 2 rings (SSSR count). The fourth-order valence-electron chi connectivity index (χ4n) is 1.59. The number of aryl methyl sites for hydroxylation is 1. The van der Waals surface area contributed by atoms with Crippen LogP contribution in [0.1, 0.15) is 11.4 Å². The number of hydrogen-bond donors (Lipinski definition) is 1. The van der Waals surface area contributed by atoms with Gasteiger partial charge in [-0.3, -0.25) is 4.98 Å². The van der Waals surface area contributed by atoms with E-state index in [4.69, 9.17) is 5.73 Å². The Morgan fingerprint density at radius 2 is 1.89 bits per heavy atom. The summed E-state index contributed by atoms with van der Waals surface area (Å²) in [6.45, 7) is 1.79. The Balaban J connectivity index is 2.48. The summed E-state index contributed by atoms with van der Waals surface area (Å²) >= 11 is 0. The molecule has 2 aromatic rings. The van der Waals surface area contributed by atoms with E-state index in [0.29, 0.717) is 11.1 Å². The molecule has 3 nitrogen and oxygen atoms in total. The molecule has 0 aromatic carbocycles. The molecular formula is C12H10F3N3. The molecule has 0 fully saturated rings. The van der Waals surface area contributed by atoms with Crippen molar-refractivity contribution in [2.75, 3.05) is 5.73 Å². The second kappa shape index (κ2) is 4.29. The van der Waals surface area contributed by atoms with Crippen molar-refractivity contribution in [1.29, 1.82) is 0 Å². The Kier molecular flexibility index (Phi) is 2.94. The standard InChI is InChI=1S/C12H10F3N3/c1-7-6-8(4-5-17-7)9-2-3-10(12(13,14)15)18-11(9)16/h2-6H,1H3,(H2,16,18). The van der Waals surface area contributed by atoms with E-state index in [1.807, 2.05) is 0 Å². The summed E-state index contributed by atoms with van der Waals surface area (Å²) in [5, 5.41) is 0. The van der Waals surface area contributed by atoms with Gasteiger partial charge in [0, 0.05) is 17.5 Å². The summed E-state index contributed by atoms with van der Waals surface area (Å²) < 4.78 is 37.3. The van der Waals surface area contributed by atoms with Crippen molar-refractivity contribution in [3.8, 4) is 11.1 Å². The van der Waals surface area contributed by atoms with Gasteiger partial charge in [-0.05, 0) is 36.8 Å². The topological polar surface area (TPSA) is 51.8 Å². The van der Waals surface area contributed by atoms with E-state index in [9.17, 15) is 13.2 Å². The molecule has 0 atom stereocenters. The molecule has 0 unspecified atom stereocenters. The number of hydrogen-bond acceptors (Lipinski definition) is 3. The highest BCUT2D eigenvalue weighted by atomic mass is 19.4. The van der Waals surface area contributed by atoms with Gasteiger partial charge >= 0.3 is 6.18 Å². The number of anilines is 1. The van der Waals surface area contributed by atoms with Crippen LogP contribution < -0.4 is 5.73 Å². The number of aromatic nitrogens is 2. The lowest BCUT2D eigenvalue weighted by atomic mass is 10.1. The molecule has 0 spiro atoms. The van der Waals surface area contributed by atoms with Crippen molar-refractivity contribution >= 4 is 5.82 Å². The van der Waals surface area contributed by atoms with Gasteiger partial charge in [-0.15, -0.1) is 0 Å². The van der Waals surface area contributed by atoms with Crippen LogP contribution in [0.4, 0.5) is 19.0 Å². The van der Waals surface area contributed by atoms with Gasteiger partial charge in [0.25, 0.3) is 0 Å². The highest BCUT2D eigenvalue weighted by Crippen LogP contribution is 2.31. The molecular weight excluding hydrogens is 243 g/mol. The zero-order valence-electron chi connectivity index (χ0n) is 9.49. The van der Waals surface area contributed by atoms with E-state index < -0.39 is 11.9 Å². The molecule has 2 N–H and O–H groups in total. The van der Waals surface area contributed by atoms with E-state index in [2.05, 4.69) is 9.97 Å². The first-order valence-corrected chi connectivity index (χ1v) is 5.14. The van der Waals surface area contributed by atoms with Crippen LogP contribution in [-0.2, 0) is 6.18 Å². The number of rotatable bonds is 1. The zero-order chi connectivity index (χ0) is 13.3. The molecule has 2 aromatic heterocycles. The summed E-state index contributed by atoms with van der Waals surface area (Å²) in [7, 11) is 0. The fraction of sp³-hybridized carbons (Fsp3) is 0.167. The van der Waals surface area contributed by atoms with Crippen molar-refractivity contribution in [2.24, 2.45) is 0 Å². The molecule has 0 aliphatic carbocycles. The van der Waals surface area contributed by atoms with E-state index in [1.165, 1.54) is 6.07 Å². The van der Waals surface area contributed by atoms with Crippen LogP contribution in [-0.4, -0.2) is 9.97 Å². The van der Waals surface area contributed by atoms with Gasteiger partial charge in [0.1, 0.15) is 11.5 Å². The van der Waals surface area contributed by atoms with Gasteiger partial charge in [0.2, 0.25) is 0 Å². The third kappa shape index (κ3) is 2.42. The monoisotopic (exact) mass is 253 g/mol. The molecule has 0 radical (unpaired) electrons. The maximum atomic E-state index is 12.4.